The van der Waals surface area contributed by atoms with Crippen LogP contribution in [0.25, 0.3) is 11.3 Å². The van der Waals surface area contributed by atoms with Gasteiger partial charge in [-0.3, -0.25) is 10.1 Å². The van der Waals surface area contributed by atoms with E-state index in [2.05, 4.69) is 10.3 Å². The van der Waals surface area contributed by atoms with Gasteiger partial charge in [-0.1, -0.05) is 6.92 Å². The molecule has 21 heavy (non-hydrogen) atoms. The summed E-state index contributed by atoms with van der Waals surface area (Å²) in [6.07, 6.45) is 2.86. The lowest BCUT2D eigenvalue weighted by Gasteiger charge is -2.00. The Hall–Kier alpha value is -2.28. The molecule has 7 heteroatoms. The van der Waals surface area contributed by atoms with E-state index in [4.69, 9.17) is 4.42 Å². The van der Waals surface area contributed by atoms with Crippen molar-refractivity contribution in [3.8, 4) is 11.3 Å². The third kappa shape index (κ3) is 3.85. The summed E-state index contributed by atoms with van der Waals surface area (Å²) in [5, 5.41) is 14.2. The highest BCUT2D eigenvalue weighted by atomic mass is 19.1. The first-order valence-corrected chi connectivity index (χ1v) is 6.71. The zero-order valence-corrected chi connectivity index (χ0v) is 11.6. The maximum atomic E-state index is 13.3. The summed E-state index contributed by atoms with van der Waals surface area (Å²) >= 11 is 0. The summed E-state index contributed by atoms with van der Waals surface area (Å²) in [5.41, 5.74) is -0.0998. The van der Waals surface area contributed by atoms with Crippen molar-refractivity contribution in [2.75, 3.05) is 13.1 Å². The predicted molar refractivity (Wildman–Crippen MR) is 75.4 cm³/mol. The number of benzene rings is 1. The summed E-state index contributed by atoms with van der Waals surface area (Å²) in [6.45, 7) is 3.76. The molecule has 0 aliphatic heterocycles. The van der Waals surface area contributed by atoms with Crippen molar-refractivity contribution >= 4 is 5.69 Å². The molecule has 0 saturated heterocycles. The number of hydrogen-bond acceptors (Lipinski definition) is 5. The Labute approximate surface area is 121 Å². The number of nitro groups is 1. The lowest BCUT2D eigenvalue weighted by atomic mass is 10.1. The number of halogens is 1. The van der Waals surface area contributed by atoms with Crippen molar-refractivity contribution in [2.45, 2.75) is 19.8 Å². The maximum Gasteiger partial charge on any atom is 0.280 e. The van der Waals surface area contributed by atoms with Gasteiger partial charge in [0.1, 0.15) is 5.82 Å². The molecule has 0 aliphatic rings. The average molecular weight is 293 g/mol. The van der Waals surface area contributed by atoms with Gasteiger partial charge < -0.3 is 9.73 Å². The molecule has 0 saturated carbocycles. The molecule has 0 radical (unpaired) electrons. The Morgan fingerprint density at radius 3 is 3.00 bits per heavy atom. The number of aryl methyl sites for hydroxylation is 1. The third-order valence-electron chi connectivity index (χ3n) is 2.97. The normalized spacial score (nSPS) is 10.8. The van der Waals surface area contributed by atoms with Gasteiger partial charge in [0.15, 0.2) is 11.7 Å². The van der Waals surface area contributed by atoms with Gasteiger partial charge in [-0.2, -0.15) is 0 Å². The quantitative estimate of drug-likeness (QED) is 0.482. The van der Waals surface area contributed by atoms with Crippen molar-refractivity contribution in [1.29, 1.82) is 0 Å². The highest BCUT2D eigenvalue weighted by molar-refractivity contribution is 5.68. The van der Waals surface area contributed by atoms with Crippen LogP contribution in [0.15, 0.2) is 28.8 Å². The fourth-order valence-corrected chi connectivity index (χ4v) is 1.96. The van der Waals surface area contributed by atoms with Gasteiger partial charge >= 0.3 is 0 Å². The molecule has 0 fully saturated rings. The fraction of sp³-hybridized carbons (Fsp3) is 0.357. The topological polar surface area (TPSA) is 81.2 Å². The summed E-state index contributed by atoms with van der Waals surface area (Å²) < 4.78 is 18.8. The highest BCUT2D eigenvalue weighted by Gasteiger charge is 2.19. The molecule has 1 aromatic heterocycles. The minimum Gasteiger partial charge on any atom is -0.440 e. The summed E-state index contributed by atoms with van der Waals surface area (Å²) in [7, 11) is 0. The molecule has 0 aliphatic carbocycles. The predicted octanol–water partition coefficient (Wildman–Crippen LogP) is 2.93. The first-order chi connectivity index (χ1) is 10.1. The van der Waals surface area contributed by atoms with Crippen LogP contribution in [0.5, 0.6) is 0 Å². The third-order valence-corrected chi connectivity index (χ3v) is 2.97. The van der Waals surface area contributed by atoms with E-state index in [9.17, 15) is 14.5 Å². The smallest absolute Gasteiger partial charge is 0.280 e. The van der Waals surface area contributed by atoms with Crippen molar-refractivity contribution in [2.24, 2.45) is 0 Å². The molecule has 1 heterocycles. The van der Waals surface area contributed by atoms with Crippen molar-refractivity contribution in [3.05, 3.63) is 46.2 Å². The van der Waals surface area contributed by atoms with E-state index < -0.39 is 10.7 Å². The largest absolute Gasteiger partial charge is 0.440 e. The number of aromatic nitrogens is 1. The van der Waals surface area contributed by atoms with Crippen molar-refractivity contribution in [3.63, 3.8) is 0 Å². The highest BCUT2D eigenvalue weighted by Crippen LogP contribution is 2.31. The monoisotopic (exact) mass is 293 g/mol. The minimum absolute atomic E-state index is 0.102. The summed E-state index contributed by atoms with van der Waals surface area (Å²) in [4.78, 5) is 14.5. The fourth-order valence-electron chi connectivity index (χ4n) is 1.96. The van der Waals surface area contributed by atoms with Gasteiger partial charge in [-0.15, -0.1) is 0 Å². The van der Waals surface area contributed by atoms with Crippen LogP contribution in [0.1, 0.15) is 19.2 Å². The van der Waals surface area contributed by atoms with Crippen LogP contribution in [-0.2, 0) is 6.42 Å². The van der Waals surface area contributed by atoms with E-state index in [0.29, 0.717) is 12.3 Å². The molecule has 2 aromatic rings. The van der Waals surface area contributed by atoms with Crippen LogP contribution in [-0.4, -0.2) is 23.0 Å². The molecule has 1 N–H and O–H groups in total. The molecule has 0 amide bonds. The second kappa shape index (κ2) is 6.94. The van der Waals surface area contributed by atoms with Crippen molar-refractivity contribution in [1.82, 2.24) is 10.3 Å². The molecule has 0 atom stereocenters. The molecular formula is C14H16FN3O3. The Bertz CT molecular complexity index is 628. The Kier molecular flexibility index (Phi) is 4.99. The SMILES string of the molecule is CCNCCCc1ncc(-c2cc(F)ccc2[N+](=O)[O-])o1. The second-order valence-corrected chi connectivity index (χ2v) is 4.49. The molecule has 0 spiro atoms. The van der Waals surface area contributed by atoms with Crippen molar-refractivity contribution < 1.29 is 13.7 Å². The van der Waals surface area contributed by atoms with E-state index in [1.807, 2.05) is 6.92 Å². The van der Waals surface area contributed by atoms with Crippen LogP contribution in [0.4, 0.5) is 10.1 Å². The number of nitrogens with one attached hydrogen (secondary N) is 1. The number of nitrogens with zero attached hydrogens (tertiary/aromatic N) is 2. The number of hydrogen-bond donors (Lipinski definition) is 1. The summed E-state index contributed by atoms with van der Waals surface area (Å²) in [6, 6.07) is 3.26. The average Bonchev–Trinajstić information content (AvgIpc) is 2.92. The van der Waals surface area contributed by atoms with Gasteiger partial charge in [0.25, 0.3) is 5.69 Å². The molecule has 6 nitrogen and oxygen atoms in total. The first kappa shape index (κ1) is 15.1. The van der Waals surface area contributed by atoms with Gasteiger partial charge in [0.05, 0.1) is 16.7 Å². The minimum atomic E-state index is -0.567. The lowest BCUT2D eigenvalue weighted by Crippen LogP contribution is -2.14. The zero-order valence-electron chi connectivity index (χ0n) is 11.6. The van der Waals surface area contributed by atoms with Gasteiger partial charge in [-0.05, 0) is 31.6 Å². The standard InChI is InChI=1S/C14H16FN3O3/c1-2-16-7-3-4-14-17-9-13(21-14)11-8-10(15)5-6-12(11)18(19)20/h5-6,8-9,16H,2-4,7H2,1H3. The summed E-state index contributed by atoms with van der Waals surface area (Å²) in [5.74, 6) is 0.141. The van der Waals surface area contributed by atoms with E-state index in [0.717, 1.165) is 37.7 Å². The first-order valence-electron chi connectivity index (χ1n) is 6.71. The number of oxazole rings is 1. The van der Waals surface area contributed by atoms with Gasteiger partial charge in [0.2, 0.25) is 0 Å². The Morgan fingerprint density at radius 1 is 1.48 bits per heavy atom. The van der Waals surface area contributed by atoms with Crippen LogP contribution >= 0.6 is 0 Å². The van der Waals surface area contributed by atoms with E-state index in [-0.39, 0.29) is 17.0 Å². The molecule has 2 rings (SSSR count). The Morgan fingerprint density at radius 2 is 2.29 bits per heavy atom. The number of nitro benzene ring substituents is 1. The second-order valence-electron chi connectivity index (χ2n) is 4.49. The molecule has 0 unspecified atom stereocenters. The van der Waals surface area contributed by atoms with Gasteiger partial charge in [-0.25, -0.2) is 9.37 Å². The molecule has 0 bridgehead atoms. The lowest BCUT2D eigenvalue weighted by molar-refractivity contribution is -0.384. The van der Waals surface area contributed by atoms with Crippen LogP contribution in [0, 0.1) is 15.9 Å². The van der Waals surface area contributed by atoms with Crippen LogP contribution < -0.4 is 5.32 Å². The van der Waals surface area contributed by atoms with E-state index >= 15 is 0 Å². The molecule has 1 aromatic carbocycles. The van der Waals surface area contributed by atoms with E-state index in [1.165, 1.54) is 6.20 Å². The van der Waals surface area contributed by atoms with Gasteiger partial charge in [0, 0.05) is 12.5 Å². The van der Waals surface area contributed by atoms with Crippen LogP contribution in [0.3, 0.4) is 0 Å². The number of rotatable bonds is 7. The maximum absolute atomic E-state index is 13.3. The zero-order chi connectivity index (χ0) is 15.2. The van der Waals surface area contributed by atoms with E-state index in [1.54, 1.807) is 0 Å². The van der Waals surface area contributed by atoms with Crippen LogP contribution in [0.2, 0.25) is 0 Å². The molecule has 112 valence electrons. The Balaban J connectivity index is 2.17. The molecular weight excluding hydrogens is 277 g/mol.